The highest BCUT2D eigenvalue weighted by Gasteiger charge is 2.18. The van der Waals surface area contributed by atoms with Gasteiger partial charge in [-0.2, -0.15) is 0 Å². The van der Waals surface area contributed by atoms with Crippen LogP contribution in [0.25, 0.3) is 0 Å². The second kappa shape index (κ2) is 26.5. The monoisotopic (exact) mass is 774 g/mol. The fraction of sp³-hybridized carbons (Fsp3) is 0.690. The molecule has 0 aromatic carbocycles. The lowest BCUT2D eigenvalue weighted by molar-refractivity contribution is -0.312. The van der Waals surface area contributed by atoms with Crippen molar-refractivity contribution in [2.75, 3.05) is 131 Å². The summed E-state index contributed by atoms with van der Waals surface area (Å²) in [5, 5.41) is 97.0. The van der Waals surface area contributed by atoms with Crippen molar-refractivity contribution in [3.8, 4) is 0 Å². The summed E-state index contributed by atoms with van der Waals surface area (Å²) < 4.78 is 0. The SMILES string of the molecule is O=C([O-])CN(CCN(CC(=O)[O-])CC(=O)[O-])CCN(CC(=O)[O-])C(=O)[O-].O=C([O-])CN1CCN(CC(=O)[O-])CCN(CC(=O)[O-])CCN(CC(=O)[O-])CC1. The lowest BCUT2D eigenvalue weighted by atomic mass is 10.3. The highest BCUT2D eigenvalue weighted by atomic mass is 16.4. The van der Waals surface area contributed by atoms with Crippen LogP contribution in [0.3, 0.4) is 0 Å². The van der Waals surface area contributed by atoms with E-state index >= 15 is 0 Å². The summed E-state index contributed by atoms with van der Waals surface area (Å²) in [6.45, 7) is -4.11. The van der Waals surface area contributed by atoms with Gasteiger partial charge in [-0.1, -0.05) is 0 Å². The molecule has 0 saturated carbocycles. The Kier molecular flexibility index (Phi) is 24.0. The number of carbonyl (C=O) groups is 9. The minimum Gasteiger partial charge on any atom is -0.549 e. The smallest absolute Gasteiger partial charge is 0.137 e. The molecule has 0 bridgehead atoms. The molecule has 54 heavy (non-hydrogen) atoms. The molecule has 1 heterocycles. The predicted molar refractivity (Wildman–Crippen MR) is 156 cm³/mol. The van der Waals surface area contributed by atoms with E-state index in [0.29, 0.717) is 4.90 Å². The lowest BCUT2D eigenvalue weighted by Gasteiger charge is -2.34. The Morgan fingerprint density at radius 3 is 0.815 bits per heavy atom. The van der Waals surface area contributed by atoms with Crippen LogP contribution < -0.4 is 46.0 Å². The van der Waals surface area contributed by atoms with E-state index in [2.05, 4.69) is 0 Å². The molecule has 25 nitrogen and oxygen atoms in total. The first-order valence-corrected chi connectivity index (χ1v) is 16.1. The van der Waals surface area contributed by atoms with Crippen LogP contribution >= 0.6 is 0 Å². The second-order valence-electron chi connectivity index (χ2n) is 11.8. The molecule has 1 fully saturated rings. The number of carbonyl (C=O) groups excluding carboxylic acids is 9. The van der Waals surface area contributed by atoms with E-state index in [4.69, 9.17) is 0 Å². The summed E-state index contributed by atoms with van der Waals surface area (Å²) in [6.07, 6.45) is -1.81. The minimum absolute atomic E-state index is 0.180. The van der Waals surface area contributed by atoms with Gasteiger partial charge in [-0.05, 0) is 0 Å². The third kappa shape index (κ3) is 26.5. The number of hydrogen-bond acceptors (Lipinski definition) is 24. The molecule has 0 aromatic rings. The van der Waals surface area contributed by atoms with Gasteiger partial charge >= 0.3 is 0 Å². The van der Waals surface area contributed by atoms with E-state index in [0.717, 1.165) is 9.80 Å². The number of carboxylic acids is 8. The molecule has 1 saturated heterocycles. The third-order valence-corrected chi connectivity index (χ3v) is 7.40. The molecular formula is C29H40N7O18-9. The van der Waals surface area contributed by atoms with E-state index in [1.165, 1.54) is 19.6 Å². The predicted octanol–water partition coefficient (Wildman–Crippen LogP) is -16.6. The van der Waals surface area contributed by atoms with Gasteiger partial charge in [0.15, 0.2) is 0 Å². The molecule has 308 valence electrons. The Labute approximate surface area is 308 Å². The summed E-state index contributed by atoms with van der Waals surface area (Å²) in [5.41, 5.74) is 0. The Balaban J connectivity index is 0.00000104. The van der Waals surface area contributed by atoms with Gasteiger partial charge in [0.05, 0.1) is 54.3 Å². The maximum absolute atomic E-state index is 11.0. The zero-order chi connectivity index (χ0) is 41.4. The van der Waals surface area contributed by atoms with E-state index in [9.17, 15) is 89.1 Å². The quantitative estimate of drug-likeness (QED) is 0.0985. The molecule has 0 spiro atoms. The van der Waals surface area contributed by atoms with Crippen molar-refractivity contribution in [2.45, 2.75) is 0 Å². The summed E-state index contributed by atoms with van der Waals surface area (Å²) in [6, 6.07) is 0. The van der Waals surface area contributed by atoms with Gasteiger partial charge in [0.1, 0.15) is 6.09 Å². The van der Waals surface area contributed by atoms with Crippen LogP contribution in [0.4, 0.5) is 4.79 Å². The average molecular weight is 775 g/mol. The first-order valence-electron chi connectivity index (χ1n) is 16.1. The molecule has 0 aliphatic carbocycles. The Hall–Kier alpha value is -5.21. The zero-order valence-electron chi connectivity index (χ0n) is 29.1. The van der Waals surface area contributed by atoms with Crippen LogP contribution in [0.2, 0.25) is 0 Å². The normalized spacial score (nSPS) is 15.2. The number of aliphatic carboxylic acids is 8. The van der Waals surface area contributed by atoms with Gasteiger partial charge in [0.25, 0.3) is 0 Å². The number of carboxylic acid groups (broad SMARTS) is 9. The maximum Gasteiger partial charge on any atom is 0.137 e. The van der Waals surface area contributed by atoms with Gasteiger partial charge in [-0.15, -0.1) is 0 Å². The van der Waals surface area contributed by atoms with Crippen LogP contribution in [0.5, 0.6) is 0 Å². The highest BCUT2D eigenvalue weighted by Crippen LogP contribution is 2.01. The van der Waals surface area contributed by atoms with Crippen molar-refractivity contribution in [2.24, 2.45) is 0 Å². The topological polar surface area (TPSA) is 384 Å². The van der Waals surface area contributed by atoms with Crippen LogP contribution in [0.15, 0.2) is 0 Å². The summed E-state index contributed by atoms with van der Waals surface area (Å²) in [7, 11) is 0. The lowest BCUT2D eigenvalue weighted by Crippen LogP contribution is -2.52. The van der Waals surface area contributed by atoms with Crippen LogP contribution in [0, 0.1) is 0 Å². The average Bonchev–Trinajstić information content (AvgIpc) is 3.01. The van der Waals surface area contributed by atoms with Gasteiger partial charge < -0.3 is 94.0 Å². The van der Waals surface area contributed by atoms with Crippen molar-refractivity contribution in [3.05, 3.63) is 0 Å². The molecule has 1 rings (SSSR count). The van der Waals surface area contributed by atoms with Crippen molar-refractivity contribution in [1.82, 2.24) is 34.3 Å². The molecule has 0 N–H and O–H groups in total. The molecule has 0 radical (unpaired) electrons. The summed E-state index contributed by atoms with van der Waals surface area (Å²) >= 11 is 0. The number of hydrogen-bond donors (Lipinski definition) is 0. The molecular weight excluding hydrogens is 734 g/mol. The number of rotatable bonds is 22. The number of amides is 1. The van der Waals surface area contributed by atoms with Gasteiger partial charge in [-0.3, -0.25) is 29.4 Å². The first kappa shape index (κ1) is 48.8. The van der Waals surface area contributed by atoms with E-state index in [-0.39, 0.29) is 98.2 Å². The molecule has 0 unspecified atom stereocenters. The van der Waals surface area contributed by atoms with Crippen LogP contribution in [-0.4, -0.2) is 219 Å². The summed E-state index contributed by atoms with van der Waals surface area (Å²) in [4.78, 5) is 105. The molecule has 25 heteroatoms. The number of nitrogens with zero attached hydrogens (tertiary/aromatic N) is 7. The minimum atomic E-state index is -1.81. The second-order valence-corrected chi connectivity index (χ2v) is 11.8. The van der Waals surface area contributed by atoms with Gasteiger partial charge in [0.2, 0.25) is 0 Å². The molecule has 0 atom stereocenters. The molecule has 0 aromatic heterocycles. The summed E-state index contributed by atoms with van der Waals surface area (Å²) in [5.74, 6) is -11.5. The molecule has 1 aliphatic heterocycles. The standard InChI is InChI=1S/C16H28N4O8.C13H21N3O10/c21-13(22)9-17-1-2-18(10-14(23)24)5-6-20(12-16(27)28)8-7-19(4-3-17)11-15(25)26;17-9(18)5-14(3-4-16(13(25)26)8-12(23)24)1-2-15(6-10(19)20)7-11(21)22/h1-12H2,(H,21,22)(H,23,24)(H,25,26)(H,27,28);1-8H2,(H,17,18)(H,19,20)(H,21,22)(H,23,24)(H,25,26)/p-9. The Bertz CT molecular complexity index is 1160. The fourth-order valence-corrected chi connectivity index (χ4v) is 4.91. The van der Waals surface area contributed by atoms with Gasteiger partial charge in [-0.25, -0.2) is 0 Å². The maximum atomic E-state index is 11.0. The molecule has 1 aliphatic rings. The molecule has 1 amide bonds. The van der Waals surface area contributed by atoms with Crippen LogP contribution in [0.1, 0.15) is 0 Å². The third-order valence-electron chi connectivity index (χ3n) is 7.40. The largest absolute Gasteiger partial charge is 0.549 e. The Morgan fingerprint density at radius 2 is 0.574 bits per heavy atom. The Morgan fingerprint density at radius 1 is 0.333 bits per heavy atom. The van der Waals surface area contributed by atoms with E-state index in [1.54, 1.807) is 0 Å². The van der Waals surface area contributed by atoms with E-state index < -0.39 is 86.6 Å². The first-order chi connectivity index (χ1) is 25.2. The van der Waals surface area contributed by atoms with Crippen molar-refractivity contribution < 1.29 is 89.1 Å². The fourth-order valence-electron chi connectivity index (χ4n) is 4.91. The highest BCUT2D eigenvalue weighted by molar-refractivity contribution is 5.73. The van der Waals surface area contributed by atoms with Crippen LogP contribution in [-0.2, 0) is 38.4 Å². The zero-order valence-corrected chi connectivity index (χ0v) is 29.1. The van der Waals surface area contributed by atoms with Crippen molar-refractivity contribution >= 4 is 53.8 Å². The van der Waals surface area contributed by atoms with Gasteiger partial charge in [0, 0.05) is 124 Å². The van der Waals surface area contributed by atoms with E-state index in [1.807, 2.05) is 0 Å². The van der Waals surface area contributed by atoms with Crippen molar-refractivity contribution in [1.29, 1.82) is 0 Å². The van der Waals surface area contributed by atoms with Crippen molar-refractivity contribution in [3.63, 3.8) is 0 Å².